The van der Waals surface area contributed by atoms with Crippen LogP contribution in [0.2, 0.25) is 5.02 Å². The molecule has 1 saturated heterocycles. The summed E-state index contributed by atoms with van der Waals surface area (Å²) >= 11 is 6.08. The lowest BCUT2D eigenvalue weighted by Gasteiger charge is -2.36. The van der Waals surface area contributed by atoms with Crippen LogP contribution in [0.25, 0.3) is 0 Å². The van der Waals surface area contributed by atoms with Crippen LogP contribution in [0.4, 0.5) is 5.82 Å². The first-order valence-electron chi connectivity index (χ1n) is 8.90. The van der Waals surface area contributed by atoms with Gasteiger partial charge in [0, 0.05) is 64.9 Å². The van der Waals surface area contributed by atoms with Gasteiger partial charge in [-0.15, -0.1) is 0 Å². The summed E-state index contributed by atoms with van der Waals surface area (Å²) < 4.78 is 2.60. The molecule has 8 heteroatoms. The summed E-state index contributed by atoms with van der Waals surface area (Å²) in [6.45, 7) is 3.58. The van der Waals surface area contributed by atoms with Crippen LogP contribution in [0.5, 0.6) is 0 Å². The maximum absolute atomic E-state index is 12.3. The van der Waals surface area contributed by atoms with Gasteiger partial charge < -0.3 is 4.90 Å². The van der Waals surface area contributed by atoms with Crippen molar-refractivity contribution in [3.8, 4) is 0 Å². The number of carbonyl (C=O) groups excluding carboxylic acids is 1. The third-order valence-electron chi connectivity index (χ3n) is 5.03. The van der Waals surface area contributed by atoms with Crippen molar-refractivity contribution >= 4 is 23.2 Å². The van der Waals surface area contributed by atoms with Crippen LogP contribution in [0.1, 0.15) is 16.8 Å². The van der Waals surface area contributed by atoms with E-state index in [-0.39, 0.29) is 17.0 Å². The third kappa shape index (κ3) is 4.14. The van der Waals surface area contributed by atoms with E-state index in [0.717, 1.165) is 17.7 Å². The summed E-state index contributed by atoms with van der Waals surface area (Å²) in [6.07, 6.45) is 0.411. The van der Waals surface area contributed by atoms with Gasteiger partial charge in [-0.2, -0.15) is 0 Å². The van der Waals surface area contributed by atoms with E-state index in [1.807, 2.05) is 17.0 Å². The number of halogens is 1. The number of piperazine rings is 1. The molecule has 1 fully saturated rings. The molecule has 7 nitrogen and oxygen atoms in total. The molecule has 1 aromatic heterocycles. The zero-order valence-corrected chi connectivity index (χ0v) is 16.3. The van der Waals surface area contributed by atoms with Crippen LogP contribution < -0.4 is 16.1 Å². The highest BCUT2D eigenvalue weighted by atomic mass is 35.5. The fourth-order valence-corrected chi connectivity index (χ4v) is 3.55. The van der Waals surface area contributed by atoms with Crippen molar-refractivity contribution in [1.29, 1.82) is 0 Å². The minimum Gasteiger partial charge on any atom is -0.355 e. The lowest BCUT2D eigenvalue weighted by atomic mass is 10.1. The first kappa shape index (κ1) is 19.4. The molecule has 3 rings (SSSR count). The van der Waals surface area contributed by atoms with Gasteiger partial charge in [0.15, 0.2) is 5.78 Å². The molecule has 0 unspecified atom stereocenters. The molecule has 0 saturated carbocycles. The van der Waals surface area contributed by atoms with E-state index in [2.05, 4.69) is 4.90 Å². The largest absolute Gasteiger partial charge is 0.355 e. The van der Waals surface area contributed by atoms with E-state index < -0.39 is 0 Å². The molecule has 0 atom stereocenters. The van der Waals surface area contributed by atoms with Crippen LogP contribution in [-0.2, 0) is 14.1 Å². The number of aromatic nitrogens is 2. The van der Waals surface area contributed by atoms with Crippen LogP contribution in [0.15, 0.2) is 39.9 Å². The molecule has 0 spiro atoms. The maximum Gasteiger partial charge on any atom is 0.332 e. The monoisotopic (exact) mass is 390 g/mol. The van der Waals surface area contributed by atoms with Crippen molar-refractivity contribution in [2.75, 3.05) is 37.6 Å². The molecular weight excluding hydrogens is 368 g/mol. The van der Waals surface area contributed by atoms with Crippen LogP contribution in [0, 0.1) is 0 Å². The van der Waals surface area contributed by atoms with Crippen LogP contribution in [-0.4, -0.2) is 52.5 Å². The Labute approximate surface area is 162 Å². The number of benzene rings is 1. The van der Waals surface area contributed by atoms with Gasteiger partial charge in [-0.05, 0) is 12.1 Å². The van der Waals surface area contributed by atoms with Gasteiger partial charge in [-0.3, -0.25) is 23.6 Å². The summed E-state index contributed by atoms with van der Waals surface area (Å²) in [7, 11) is 3.15. The van der Waals surface area contributed by atoms with Crippen molar-refractivity contribution in [3.63, 3.8) is 0 Å². The Hall–Kier alpha value is -2.38. The molecule has 0 N–H and O–H groups in total. The third-order valence-corrected chi connectivity index (χ3v) is 5.36. The highest BCUT2D eigenvalue weighted by Gasteiger charge is 2.21. The van der Waals surface area contributed by atoms with E-state index >= 15 is 0 Å². The summed E-state index contributed by atoms with van der Waals surface area (Å²) in [5.41, 5.74) is -0.0703. The smallest absolute Gasteiger partial charge is 0.332 e. The number of nitrogens with zero attached hydrogens (tertiary/aromatic N) is 4. The highest BCUT2D eigenvalue weighted by Crippen LogP contribution is 2.17. The molecule has 27 heavy (non-hydrogen) atoms. The Morgan fingerprint density at radius 1 is 1.04 bits per heavy atom. The number of hydrogen-bond donors (Lipinski definition) is 0. The molecule has 144 valence electrons. The van der Waals surface area contributed by atoms with Gasteiger partial charge in [0.2, 0.25) is 0 Å². The molecule has 0 aliphatic carbocycles. The quantitative estimate of drug-likeness (QED) is 0.716. The lowest BCUT2D eigenvalue weighted by molar-refractivity contribution is 0.0962. The summed E-state index contributed by atoms with van der Waals surface area (Å²) in [5, 5.41) is 0.485. The van der Waals surface area contributed by atoms with Crippen molar-refractivity contribution in [3.05, 3.63) is 61.8 Å². The minimum atomic E-state index is -0.328. The maximum atomic E-state index is 12.3. The van der Waals surface area contributed by atoms with Gasteiger partial charge in [0.05, 0.1) is 5.02 Å². The molecule has 0 radical (unpaired) electrons. The second-order valence-corrected chi connectivity index (χ2v) is 7.13. The SMILES string of the molecule is Cn1c(N2CCN(CCC(=O)c3ccccc3Cl)CC2)cc(=O)n(C)c1=O. The molecule has 1 aromatic carbocycles. The number of anilines is 1. The fraction of sp³-hybridized carbons (Fsp3) is 0.421. The Morgan fingerprint density at radius 3 is 2.37 bits per heavy atom. The average molecular weight is 391 g/mol. The second-order valence-electron chi connectivity index (χ2n) is 6.72. The predicted octanol–water partition coefficient (Wildman–Crippen LogP) is 1.13. The fourth-order valence-electron chi connectivity index (χ4n) is 3.31. The molecule has 0 amide bonds. The number of Topliss-reactive ketones (excluding diaryl/α,β-unsaturated/α-hetero) is 1. The Balaban J connectivity index is 1.58. The second kappa shape index (κ2) is 8.10. The zero-order chi connectivity index (χ0) is 19.6. The van der Waals surface area contributed by atoms with E-state index in [9.17, 15) is 14.4 Å². The van der Waals surface area contributed by atoms with Crippen molar-refractivity contribution < 1.29 is 4.79 Å². The van der Waals surface area contributed by atoms with Crippen LogP contribution >= 0.6 is 11.6 Å². The normalized spacial score (nSPS) is 15.1. The number of carbonyl (C=O) groups is 1. The Bertz CT molecular complexity index is 958. The molecule has 1 aliphatic rings. The van der Waals surface area contributed by atoms with Crippen molar-refractivity contribution in [2.24, 2.45) is 14.1 Å². The molecular formula is C19H23ClN4O3. The highest BCUT2D eigenvalue weighted by molar-refractivity contribution is 6.33. The standard InChI is InChI=1S/C19H23ClN4O3/c1-21-17(13-18(26)22(2)19(21)27)24-11-9-23(10-12-24)8-7-16(25)14-5-3-4-6-15(14)20/h3-6,13H,7-12H2,1-2H3. The Morgan fingerprint density at radius 2 is 1.70 bits per heavy atom. The number of hydrogen-bond acceptors (Lipinski definition) is 5. The van der Waals surface area contributed by atoms with Gasteiger partial charge in [0.1, 0.15) is 5.82 Å². The van der Waals surface area contributed by atoms with Gasteiger partial charge in [-0.1, -0.05) is 23.7 Å². The number of rotatable bonds is 5. The van der Waals surface area contributed by atoms with E-state index in [1.165, 1.54) is 17.7 Å². The van der Waals surface area contributed by atoms with E-state index in [4.69, 9.17) is 11.6 Å². The average Bonchev–Trinajstić information content (AvgIpc) is 2.68. The minimum absolute atomic E-state index is 0.0389. The summed E-state index contributed by atoms with van der Waals surface area (Å²) in [5.74, 6) is 0.673. The molecule has 1 aliphatic heterocycles. The van der Waals surface area contributed by atoms with Gasteiger partial charge in [-0.25, -0.2) is 4.79 Å². The van der Waals surface area contributed by atoms with Crippen molar-refractivity contribution in [1.82, 2.24) is 14.0 Å². The molecule has 0 bridgehead atoms. The van der Waals surface area contributed by atoms with E-state index in [0.29, 0.717) is 42.5 Å². The van der Waals surface area contributed by atoms with E-state index in [1.54, 1.807) is 19.2 Å². The zero-order valence-electron chi connectivity index (χ0n) is 15.5. The predicted molar refractivity (Wildman–Crippen MR) is 106 cm³/mol. The molecule has 2 aromatic rings. The van der Waals surface area contributed by atoms with Crippen LogP contribution in [0.3, 0.4) is 0 Å². The number of ketones is 1. The summed E-state index contributed by atoms with van der Waals surface area (Å²) in [4.78, 5) is 40.6. The van der Waals surface area contributed by atoms with Gasteiger partial charge >= 0.3 is 5.69 Å². The van der Waals surface area contributed by atoms with Gasteiger partial charge in [0.25, 0.3) is 5.56 Å². The topological polar surface area (TPSA) is 67.5 Å². The summed E-state index contributed by atoms with van der Waals surface area (Å²) in [6, 6.07) is 8.59. The first-order chi connectivity index (χ1) is 12.9. The Kier molecular flexibility index (Phi) is 5.82. The first-order valence-corrected chi connectivity index (χ1v) is 9.28. The molecule has 2 heterocycles. The van der Waals surface area contributed by atoms with Crippen molar-refractivity contribution in [2.45, 2.75) is 6.42 Å². The lowest BCUT2D eigenvalue weighted by Crippen LogP contribution is -2.49.